The lowest BCUT2D eigenvalue weighted by atomic mass is 9.93. The minimum atomic E-state index is 0.192. The molecule has 0 amide bonds. The molecule has 1 fully saturated rings. The van der Waals surface area contributed by atoms with E-state index in [1.54, 1.807) is 0 Å². The lowest BCUT2D eigenvalue weighted by Crippen LogP contribution is -2.60. The molecule has 1 aromatic carbocycles. The van der Waals surface area contributed by atoms with Crippen molar-refractivity contribution in [3.8, 4) is 0 Å². The Morgan fingerprint density at radius 2 is 1.95 bits per heavy atom. The summed E-state index contributed by atoms with van der Waals surface area (Å²) in [5, 5.41) is 3.70. The average molecular weight is 289 g/mol. The predicted molar refractivity (Wildman–Crippen MR) is 90.6 cm³/mol. The second-order valence-corrected chi connectivity index (χ2v) is 7.30. The van der Waals surface area contributed by atoms with Gasteiger partial charge < -0.3 is 10.2 Å². The highest BCUT2D eigenvalue weighted by Crippen LogP contribution is 2.29. The van der Waals surface area contributed by atoms with E-state index in [2.05, 4.69) is 80.3 Å². The normalized spacial score (nSPS) is 24.2. The number of piperazine rings is 1. The van der Waals surface area contributed by atoms with Gasteiger partial charge in [-0.3, -0.25) is 4.90 Å². The Kier molecular flexibility index (Phi) is 5.42. The van der Waals surface area contributed by atoms with E-state index in [0.29, 0.717) is 12.1 Å². The van der Waals surface area contributed by atoms with Gasteiger partial charge in [-0.05, 0) is 53.4 Å². The first-order chi connectivity index (χ1) is 9.89. The van der Waals surface area contributed by atoms with Crippen molar-refractivity contribution < 1.29 is 0 Å². The number of nitrogens with one attached hydrogen (secondary N) is 1. The van der Waals surface area contributed by atoms with E-state index in [1.165, 1.54) is 12.0 Å². The fourth-order valence-electron chi connectivity index (χ4n) is 3.17. The quantitative estimate of drug-likeness (QED) is 0.899. The van der Waals surface area contributed by atoms with Crippen molar-refractivity contribution >= 4 is 0 Å². The molecule has 1 aromatic rings. The summed E-state index contributed by atoms with van der Waals surface area (Å²) in [4.78, 5) is 4.97. The summed E-state index contributed by atoms with van der Waals surface area (Å²) in [6.45, 7) is 10.3. The van der Waals surface area contributed by atoms with Crippen molar-refractivity contribution in [2.24, 2.45) is 0 Å². The molecule has 0 bridgehead atoms. The van der Waals surface area contributed by atoms with Gasteiger partial charge in [0.25, 0.3) is 0 Å². The van der Waals surface area contributed by atoms with Crippen LogP contribution in [-0.4, -0.2) is 55.1 Å². The summed E-state index contributed by atoms with van der Waals surface area (Å²) in [6, 6.07) is 12.0. The zero-order valence-corrected chi connectivity index (χ0v) is 14.3. The van der Waals surface area contributed by atoms with Crippen LogP contribution in [0.25, 0.3) is 0 Å². The van der Waals surface area contributed by atoms with Crippen LogP contribution in [0.15, 0.2) is 30.3 Å². The molecule has 2 unspecified atom stereocenters. The van der Waals surface area contributed by atoms with Gasteiger partial charge in [-0.2, -0.15) is 0 Å². The lowest BCUT2D eigenvalue weighted by Gasteiger charge is -2.47. The first-order valence-electron chi connectivity index (χ1n) is 8.09. The van der Waals surface area contributed by atoms with Crippen molar-refractivity contribution in [1.82, 2.24) is 15.1 Å². The van der Waals surface area contributed by atoms with Crippen LogP contribution in [0, 0.1) is 0 Å². The summed E-state index contributed by atoms with van der Waals surface area (Å²) in [6.07, 6.45) is 1.21. The van der Waals surface area contributed by atoms with Gasteiger partial charge in [0.1, 0.15) is 0 Å². The summed E-state index contributed by atoms with van der Waals surface area (Å²) < 4.78 is 0. The Hall–Kier alpha value is -0.900. The van der Waals surface area contributed by atoms with Gasteiger partial charge in [-0.15, -0.1) is 0 Å². The fraction of sp³-hybridized carbons (Fsp3) is 0.667. The maximum Gasteiger partial charge on any atom is 0.0476 e. The first kappa shape index (κ1) is 16.5. The summed E-state index contributed by atoms with van der Waals surface area (Å²) in [7, 11) is 4.31. The summed E-state index contributed by atoms with van der Waals surface area (Å²) >= 11 is 0. The van der Waals surface area contributed by atoms with E-state index in [-0.39, 0.29) is 5.54 Å². The van der Waals surface area contributed by atoms with Gasteiger partial charge >= 0.3 is 0 Å². The predicted octanol–water partition coefficient (Wildman–Crippen LogP) is 2.75. The Balaban J connectivity index is 2.14. The standard InChI is InChI=1S/C18H31N3/c1-15(11-12-20(4)5)21-14-18(2,3)19-13-17(21)16-9-7-6-8-10-16/h6-10,15,17,19H,11-14H2,1-5H3. The molecular formula is C18H31N3. The molecule has 1 N–H and O–H groups in total. The van der Waals surface area contributed by atoms with Crippen molar-refractivity contribution in [2.45, 2.75) is 44.8 Å². The number of hydrogen-bond donors (Lipinski definition) is 1. The largest absolute Gasteiger partial charge is 0.309 e. The molecule has 3 heteroatoms. The van der Waals surface area contributed by atoms with Crippen LogP contribution in [0.3, 0.4) is 0 Å². The monoisotopic (exact) mass is 289 g/mol. The third-order valence-electron chi connectivity index (χ3n) is 4.50. The zero-order valence-electron chi connectivity index (χ0n) is 14.3. The maximum absolute atomic E-state index is 3.70. The van der Waals surface area contributed by atoms with Crippen LogP contribution in [0.5, 0.6) is 0 Å². The molecule has 0 aromatic heterocycles. The third kappa shape index (κ3) is 4.53. The summed E-state index contributed by atoms with van der Waals surface area (Å²) in [5.74, 6) is 0. The van der Waals surface area contributed by atoms with E-state index in [0.717, 1.165) is 19.6 Å². The average Bonchev–Trinajstić information content (AvgIpc) is 2.44. The smallest absolute Gasteiger partial charge is 0.0476 e. The van der Waals surface area contributed by atoms with Crippen molar-refractivity contribution in [2.75, 3.05) is 33.7 Å². The van der Waals surface area contributed by atoms with Crippen molar-refractivity contribution in [3.05, 3.63) is 35.9 Å². The highest BCUT2D eigenvalue weighted by Gasteiger charge is 2.35. The van der Waals surface area contributed by atoms with E-state index in [4.69, 9.17) is 0 Å². The Labute approximate surface area is 130 Å². The molecule has 3 nitrogen and oxygen atoms in total. The van der Waals surface area contributed by atoms with Crippen LogP contribution >= 0.6 is 0 Å². The van der Waals surface area contributed by atoms with Crippen LogP contribution in [0.4, 0.5) is 0 Å². The molecule has 1 heterocycles. The highest BCUT2D eigenvalue weighted by atomic mass is 15.3. The molecular weight excluding hydrogens is 258 g/mol. The van der Waals surface area contributed by atoms with Gasteiger partial charge in [-0.25, -0.2) is 0 Å². The molecule has 0 saturated carbocycles. The zero-order chi connectivity index (χ0) is 15.5. The second-order valence-electron chi connectivity index (χ2n) is 7.30. The third-order valence-corrected chi connectivity index (χ3v) is 4.50. The van der Waals surface area contributed by atoms with Crippen molar-refractivity contribution in [3.63, 3.8) is 0 Å². The highest BCUT2D eigenvalue weighted by molar-refractivity contribution is 5.21. The molecule has 21 heavy (non-hydrogen) atoms. The molecule has 0 radical (unpaired) electrons. The SMILES string of the molecule is CC(CCN(C)C)N1CC(C)(C)NCC1c1ccccc1. The lowest BCUT2D eigenvalue weighted by molar-refractivity contribution is 0.0537. The Bertz CT molecular complexity index is 427. The number of benzene rings is 1. The van der Waals surface area contributed by atoms with Gasteiger partial charge in [0.15, 0.2) is 0 Å². The number of hydrogen-bond acceptors (Lipinski definition) is 3. The van der Waals surface area contributed by atoms with Gasteiger partial charge in [0.2, 0.25) is 0 Å². The second kappa shape index (κ2) is 6.91. The van der Waals surface area contributed by atoms with Crippen LogP contribution < -0.4 is 5.32 Å². The fourth-order valence-corrected chi connectivity index (χ4v) is 3.17. The maximum atomic E-state index is 3.70. The Morgan fingerprint density at radius 1 is 1.29 bits per heavy atom. The van der Waals surface area contributed by atoms with Crippen molar-refractivity contribution in [1.29, 1.82) is 0 Å². The van der Waals surface area contributed by atoms with Crippen LogP contribution in [0.1, 0.15) is 38.8 Å². The topological polar surface area (TPSA) is 18.5 Å². The van der Waals surface area contributed by atoms with Crippen LogP contribution in [-0.2, 0) is 0 Å². The van der Waals surface area contributed by atoms with E-state index < -0.39 is 0 Å². The minimum absolute atomic E-state index is 0.192. The van der Waals surface area contributed by atoms with E-state index >= 15 is 0 Å². The van der Waals surface area contributed by atoms with Crippen LogP contribution in [0.2, 0.25) is 0 Å². The first-order valence-corrected chi connectivity index (χ1v) is 8.09. The van der Waals surface area contributed by atoms with Gasteiger partial charge in [-0.1, -0.05) is 30.3 Å². The van der Waals surface area contributed by atoms with E-state index in [1.807, 2.05) is 0 Å². The number of nitrogens with zero attached hydrogens (tertiary/aromatic N) is 2. The molecule has 1 saturated heterocycles. The molecule has 2 rings (SSSR count). The Morgan fingerprint density at radius 3 is 2.57 bits per heavy atom. The number of rotatable bonds is 5. The molecule has 0 spiro atoms. The molecule has 1 aliphatic heterocycles. The van der Waals surface area contributed by atoms with Gasteiger partial charge in [0.05, 0.1) is 0 Å². The molecule has 1 aliphatic rings. The minimum Gasteiger partial charge on any atom is -0.309 e. The molecule has 118 valence electrons. The summed E-state index contributed by atoms with van der Waals surface area (Å²) in [5.41, 5.74) is 1.62. The molecule has 0 aliphatic carbocycles. The van der Waals surface area contributed by atoms with Gasteiger partial charge in [0, 0.05) is 30.7 Å². The molecule has 2 atom stereocenters. The van der Waals surface area contributed by atoms with E-state index in [9.17, 15) is 0 Å².